The number of carbonyl (C=O) groups is 1. The van der Waals surface area contributed by atoms with Crippen LogP contribution in [-0.2, 0) is 19.0 Å². The van der Waals surface area contributed by atoms with Crippen molar-refractivity contribution in [1.82, 2.24) is 0 Å². The lowest BCUT2D eigenvalue weighted by Crippen LogP contribution is -2.30. The van der Waals surface area contributed by atoms with Crippen molar-refractivity contribution in [3.05, 3.63) is 0 Å². The van der Waals surface area contributed by atoms with E-state index in [-0.39, 0.29) is 29.7 Å². The van der Waals surface area contributed by atoms with Crippen LogP contribution in [0.4, 0.5) is 0 Å². The predicted octanol–water partition coefficient (Wildman–Crippen LogP) is 2.44. The molecule has 4 heteroatoms. The number of ether oxygens (including phenoxy) is 3. The Morgan fingerprint density at radius 2 is 2.26 bits per heavy atom. The number of esters is 1. The molecule has 19 heavy (non-hydrogen) atoms. The first-order valence-corrected chi connectivity index (χ1v) is 7.55. The highest BCUT2D eigenvalue weighted by Gasteiger charge is 2.56. The number of epoxide rings is 2. The summed E-state index contributed by atoms with van der Waals surface area (Å²) in [4.78, 5) is 12.1. The molecule has 0 amide bonds. The summed E-state index contributed by atoms with van der Waals surface area (Å²) in [5.74, 6) is -0.130. The van der Waals surface area contributed by atoms with Gasteiger partial charge in [-0.3, -0.25) is 4.79 Å². The van der Waals surface area contributed by atoms with Crippen LogP contribution in [0.3, 0.4) is 0 Å². The maximum atomic E-state index is 12.1. The summed E-state index contributed by atoms with van der Waals surface area (Å²) >= 11 is 0. The van der Waals surface area contributed by atoms with Gasteiger partial charge in [0.05, 0.1) is 29.8 Å². The van der Waals surface area contributed by atoms with Gasteiger partial charge in [0.1, 0.15) is 6.10 Å². The van der Waals surface area contributed by atoms with E-state index in [1.54, 1.807) is 0 Å². The smallest absolute Gasteiger partial charge is 0.309 e. The van der Waals surface area contributed by atoms with Crippen LogP contribution in [0.25, 0.3) is 0 Å². The average molecular weight is 268 g/mol. The van der Waals surface area contributed by atoms with Gasteiger partial charge in [0, 0.05) is 6.42 Å². The minimum absolute atomic E-state index is 0.0534. The fraction of sp³-hybridized carbons (Fsp3) is 0.933. The minimum atomic E-state index is -0.0698. The van der Waals surface area contributed by atoms with Crippen molar-refractivity contribution in [2.24, 2.45) is 5.92 Å². The van der Waals surface area contributed by atoms with Crippen LogP contribution in [0.5, 0.6) is 0 Å². The van der Waals surface area contributed by atoms with Crippen LogP contribution in [0.15, 0.2) is 0 Å². The fourth-order valence-electron chi connectivity index (χ4n) is 3.19. The Morgan fingerprint density at radius 3 is 2.89 bits per heavy atom. The molecular formula is C15H24O4. The van der Waals surface area contributed by atoms with Crippen molar-refractivity contribution in [2.75, 3.05) is 0 Å². The Kier molecular flexibility index (Phi) is 3.34. The first kappa shape index (κ1) is 13.4. The Balaban J connectivity index is 1.41. The molecule has 0 radical (unpaired) electrons. The zero-order chi connectivity index (χ0) is 13.6. The zero-order valence-corrected chi connectivity index (χ0v) is 12.1. The monoisotopic (exact) mass is 268 g/mol. The van der Waals surface area contributed by atoms with E-state index in [0.717, 1.165) is 32.1 Å². The van der Waals surface area contributed by atoms with Crippen LogP contribution >= 0.6 is 0 Å². The van der Waals surface area contributed by atoms with Gasteiger partial charge >= 0.3 is 5.97 Å². The van der Waals surface area contributed by atoms with Gasteiger partial charge in [-0.05, 0) is 32.6 Å². The first-order chi connectivity index (χ1) is 9.01. The van der Waals surface area contributed by atoms with Crippen molar-refractivity contribution in [2.45, 2.75) is 82.9 Å². The highest BCUT2D eigenvalue weighted by atomic mass is 16.6. The third-order valence-corrected chi connectivity index (χ3v) is 4.84. The van der Waals surface area contributed by atoms with Gasteiger partial charge in [0.25, 0.3) is 0 Å². The summed E-state index contributed by atoms with van der Waals surface area (Å²) in [6.45, 7) is 6.20. The molecule has 0 aromatic rings. The van der Waals surface area contributed by atoms with Gasteiger partial charge in [0.2, 0.25) is 0 Å². The van der Waals surface area contributed by atoms with Crippen LogP contribution in [0.2, 0.25) is 0 Å². The van der Waals surface area contributed by atoms with Crippen molar-refractivity contribution in [3.8, 4) is 0 Å². The first-order valence-electron chi connectivity index (χ1n) is 7.55. The molecule has 0 aromatic heterocycles. The Labute approximate surface area is 114 Å². The van der Waals surface area contributed by atoms with Gasteiger partial charge in [-0.15, -0.1) is 0 Å². The van der Waals surface area contributed by atoms with Gasteiger partial charge in [0.15, 0.2) is 0 Å². The highest BCUT2D eigenvalue weighted by Crippen LogP contribution is 2.48. The second-order valence-electron chi connectivity index (χ2n) is 6.51. The number of rotatable bonds is 5. The summed E-state index contributed by atoms with van der Waals surface area (Å²) in [7, 11) is 0. The molecule has 0 bridgehead atoms. The molecule has 2 heterocycles. The van der Waals surface area contributed by atoms with E-state index >= 15 is 0 Å². The predicted molar refractivity (Wildman–Crippen MR) is 69.7 cm³/mol. The average Bonchev–Trinajstić information content (AvgIpc) is 3.25. The summed E-state index contributed by atoms with van der Waals surface area (Å²) in [6, 6.07) is 0. The molecule has 0 aromatic carbocycles. The van der Waals surface area contributed by atoms with Gasteiger partial charge in [-0.1, -0.05) is 13.8 Å². The van der Waals surface area contributed by atoms with Crippen molar-refractivity contribution in [3.63, 3.8) is 0 Å². The normalized spacial score (nSPS) is 45.2. The summed E-state index contributed by atoms with van der Waals surface area (Å²) in [6.07, 6.45) is 5.64. The quantitative estimate of drug-likeness (QED) is 0.567. The summed E-state index contributed by atoms with van der Waals surface area (Å²) in [5.41, 5.74) is 0.0880. The Hall–Kier alpha value is -0.610. The van der Waals surface area contributed by atoms with E-state index in [4.69, 9.17) is 14.2 Å². The SMILES string of the molecule is CCC1OC1CC(C)C(=O)OC1CCC2(C)OC2C1. The Bertz CT molecular complexity index is 369. The molecule has 3 fully saturated rings. The molecule has 3 rings (SSSR count). The van der Waals surface area contributed by atoms with E-state index in [1.807, 2.05) is 6.92 Å². The number of fused-ring (bicyclic) bond motifs is 1. The molecule has 0 spiro atoms. The lowest BCUT2D eigenvalue weighted by Gasteiger charge is -2.24. The molecule has 6 atom stereocenters. The lowest BCUT2D eigenvalue weighted by atomic mass is 9.89. The standard InChI is InChI=1S/C15H24O4/c1-4-11-12(18-11)7-9(2)14(16)17-10-5-6-15(3)13(8-10)19-15/h9-13H,4-8H2,1-3H3. The van der Waals surface area contributed by atoms with E-state index < -0.39 is 0 Å². The van der Waals surface area contributed by atoms with E-state index in [0.29, 0.717) is 12.2 Å². The number of hydrogen-bond acceptors (Lipinski definition) is 4. The second kappa shape index (κ2) is 4.74. The van der Waals surface area contributed by atoms with Crippen molar-refractivity contribution < 1.29 is 19.0 Å². The molecule has 2 aliphatic heterocycles. The van der Waals surface area contributed by atoms with E-state index in [2.05, 4.69) is 13.8 Å². The summed E-state index contributed by atoms with van der Waals surface area (Å²) in [5, 5.41) is 0. The largest absolute Gasteiger partial charge is 0.462 e. The molecule has 4 nitrogen and oxygen atoms in total. The maximum Gasteiger partial charge on any atom is 0.309 e. The molecule has 3 aliphatic rings. The topological polar surface area (TPSA) is 51.4 Å². The molecule has 108 valence electrons. The van der Waals surface area contributed by atoms with Crippen molar-refractivity contribution >= 4 is 5.97 Å². The van der Waals surface area contributed by atoms with Crippen LogP contribution in [0.1, 0.15) is 52.9 Å². The van der Waals surface area contributed by atoms with E-state index in [9.17, 15) is 4.79 Å². The third-order valence-electron chi connectivity index (χ3n) is 4.84. The van der Waals surface area contributed by atoms with Gasteiger partial charge < -0.3 is 14.2 Å². The molecule has 6 unspecified atom stereocenters. The molecule has 1 aliphatic carbocycles. The van der Waals surface area contributed by atoms with Crippen molar-refractivity contribution in [1.29, 1.82) is 0 Å². The second-order valence-corrected chi connectivity index (χ2v) is 6.51. The number of carbonyl (C=O) groups excluding carboxylic acids is 1. The van der Waals surface area contributed by atoms with E-state index in [1.165, 1.54) is 0 Å². The minimum Gasteiger partial charge on any atom is -0.462 e. The fourth-order valence-corrected chi connectivity index (χ4v) is 3.19. The molecule has 2 saturated heterocycles. The number of hydrogen-bond donors (Lipinski definition) is 0. The highest BCUT2D eigenvalue weighted by molar-refractivity contribution is 5.72. The third kappa shape index (κ3) is 2.79. The van der Waals surface area contributed by atoms with Gasteiger partial charge in [-0.25, -0.2) is 0 Å². The molecule has 1 saturated carbocycles. The molecular weight excluding hydrogens is 244 g/mol. The van der Waals surface area contributed by atoms with Crippen LogP contribution in [0, 0.1) is 5.92 Å². The summed E-state index contributed by atoms with van der Waals surface area (Å²) < 4.78 is 16.7. The van der Waals surface area contributed by atoms with Crippen LogP contribution in [-0.4, -0.2) is 36.0 Å². The van der Waals surface area contributed by atoms with Gasteiger partial charge in [-0.2, -0.15) is 0 Å². The molecule has 0 N–H and O–H groups in total. The lowest BCUT2D eigenvalue weighted by molar-refractivity contribution is -0.155. The maximum absolute atomic E-state index is 12.1. The van der Waals surface area contributed by atoms with Crippen LogP contribution < -0.4 is 0 Å². The zero-order valence-electron chi connectivity index (χ0n) is 12.1. The Morgan fingerprint density at radius 1 is 1.47 bits per heavy atom.